The molecule has 1 amide bonds. The molecule has 0 aromatic heterocycles. The van der Waals surface area contributed by atoms with Gasteiger partial charge >= 0.3 is 5.97 Å². The van der Waals surface area contributed by atoms with Crippen LogP contribution < -0.4 is 10.6 Å². The Morgan fingerprint density at radius 1 is 0.969 bits per heavy atom. The second-order valence-corrected chi connectivity index (χ2v) is 8.90. The molecule has 1 fully saturated rings. The van der Waals surface area contributed by atoms with Gasteiger partial charge in [0.05, 0.1) is 0 Å². The molecule has 0 bridgehead atoms. The van der Waals surface area contributed by atoms with Gasteiger partial charge in [-0.3, -0.25) is 9.59 Å². The van der Waals surface area contributed by atoms with Gasteiger partial charge in [-0.05, 0) is 105 Å². The molecule has 32 heavy (non-hydrogen) atoms. The van der Waals surface area contributed by atoms with E-state index in [9.17, 15) is 9.59 Å². The summed E-state index contributed by atoms with van der Waals surface area (Å²) in [4.78, 5) is 23.0. The minimum Gasteiger partial charge on any atom is -0.480 e. The van der Waals surface area contributed by atoms with E-state index < -0.39 is 5.97 Å². The van der Waals surface area contributed by atoms with E-state index in [2.05, 4.69) is 62.6 Å². The molecule has 1 aliphatic rings. The first-order chi connectivity index (χ1) is 15.2. The largest absolute Gasteiger partial charge is 0.480 e. The van der Waals surface area contributed by atoms with Gasteiger partial charge in [0.2, 0.25) is 5.91 Å². The molecule has 2 aromatic carbocycles. The molecule has 5 nitrogen and oxygen atoms in total. The molecule has 3 N–H and O–H groups in total. The van der Waals surface area contributed by atoms with Gasteiger partial charge in [0.1, 0.15) is 6.54 Å². The van der Waals surface area contributed by atoms with Gasteiger partial charge in [-0.2, -0.15) is 0 Å². The highest BCUT2D eigenvalue weighted by Crippen LogP contribution is 2.36. The molecule has 3 rings (SSSR count). The van der Waals surface area contributed by atoms with E-state index >= 15 is 0 Å². The second kappa shape index (κ2) is 10.0. The second-order valence-electron chi connectivity index (χ2n) is 8.90. The number of nitrogens with one attached hydrogen (secondary N) is 2. The van der Waals surface area contributed by atoms with E-state index in [-0.39, 0.29) is 12.5 Å². The van der Waals surface area contributed by atoms with Crippen LogP contribution in [0.3, 0.4) is 0 Å². The molecule has 0 atom stereocenters. The van der Waals surface area contributed by atoms with Crippen molar-refractivity contribution >= 4 is 23.6 Å². The average molecular weight is 435 g/mol. The third-order valence-electron chi connectivity index (χ3n) is 6.70. The van der Waals surface area contributed by atoms with Gasteiger partial charge in [0, 0.05) is 17.3 Å². The predicted octanol–water partition coefficient (Wildman–Crippen LogP) is 5.55. The first kappa shape index (κ1) is 23.6. The smallest absolute Gasteiger partial charge is 0.322 e. The number of anilines is 1. The molecule has 0 radical (unpaired) electrons. The van der Waals surface area contributed by atoms with Gasteiger partial charge in [-0.15, -0.1) is 0 Å². The number of amides is 1. The zero-order valence-electron chi connectivity index (χ0n) is 19.8. The number of rotatable bonds is 7. The summed E-state index contributed by atoms with van der Waals surface area (Å²) in [5.41, 5.74) is 9.74. The Labute approximate surface area is 190 Å². The lowest BCUT2D eigenvalue weighted by molar-refractivity contribution is -0.137. The molecular weight excluding hydrogens is 400 g/mol. The summed E-state index contributed by atoms with van der Waals surface area (Å²) in [7, 11) is 0. The summed E-state index contributed by atoms with van der Waals surface area (Å²) in [5.74, 6) is -1.42. The molecule has 170 valence electrons. The van der Waals surface area contributed by atoms with E-state index in [4.69, 9.17) is 5.11 Å². The molecule has 1 saturated carbocycles. The Bertz CT molecular complexity index is 1020. The van der Waals surface area contributed by atoms with Crippen LogP contribution in [0.1, 0.15) is 60.4 Å². The third-order valence-corrected chi connectivity index (χ3v) is 6.70. The van der Waals surface area contributed by atoms with Gasteiger partial charge in [-0.25, -0.2) is 0 Å². The lowest BCUT2D eigenvalue weighted by Crippen LogP contribution is -2.29. The van der Waals surface area contributed by atoms with Gasteiger partial charge in [0.25, 0.3) is 0 Å². The van der Waals surface area contributed by atoms with E-state index in [1.165, 1.54) is 53.6 Å². The van der Waals surface area contributed by atoms with Crippen molar-refractivity contribution in [2.24, 2.45) is 0 Å². The summed E-state index contributed by atoms with van der Waals surface area (Å²) < 4.78 is 0. The van der Waals surface area contributed by atoms with Gasteiger partial charge in [-0.1, -0.05) is 25.0 Å². The summed E-state index contributed by atoms with van der Waals surface area (Å²) in [6.45, 7) is 9.73. The van der Waals surface area contributed by atoms with Crippen LogP contribution in [-0.4, -0.2) is 29.6 Å². The van der Waals surface area contributed by atoms with Crippen LogP contribution >= 0.6 is 0 Å². The quantitative estimate of drug-likeness (QED) is 0.500. The number of benzene rings is 2. The lowest BCUT2D eigenvalue weighted by Gasteiger charge is -2.20. The highest BCUT2D eigenvalue weighted by molar-refractivity contribution is 5.99. The fourth-order valence-electron chi connectivity index (χ4n) is 4.61. The number of carboxylic acids is 1. The summed E-state index contributed by atoms with van der Waals surface area (Å²) in [6.07, 6.45) is 6.99. The van der Waals surface area contributed by atoms with E-state index in [0.717, 1.165) is 16.7 Å². The number of aliphatic carboxylic acids is 1. The highest BCUT2D eigenvalue weighted by Gasteiger charge is 2.17. The van der Waals surface area contributed by atoms with Crippen molar-refractivity contribution in [3.63, 3.8) is 0 Å². The maximum absolute atomic E-state index is 12.2. The normalized spacial score (nSPS) is 14.5. The minimum absolute atomic E-state index is 0.365. The fourth-order valence-corrected chi connectivity index (χ4v) is 4.61. The van der Waals surface area contributed by atoms with Crippen LogP contribution in [0.25, 0.3) is 17.2 Å². The van der Waals surface area contributed by atoms with Crippen LogP contribution in [0.4, 0.5) is 5.69 Å². The number of hydrogen-bond donors (Lipinski definition) is 3. The van der Waals surface area contributed by atoms with Crippen molar-refractivity contribution in [1.82, 2.24) is 5.32 Å². The first-order valence-electron chi connectivity index (χ1n) is 11.3. The Morgan fingerprint density at radius 3 is 2.06 bits per heavy atom. The molecule has 0 heterocycles. The molecule has 0 aliphatic heterocycles. The molecule has 5 heteroatoms. The fraction of sp³-hybridized carbons (Fsp3) is 0.407. The molecule has 0 unspecified atom stereocenters. The predicted molar refractivity (Wildman–Crippen MR) is 131 cm³/mol. The Balaban J connectivity index is 1.90. The average Bonchev–Trinajstić information content (AvgIpc) is 3.27. The van der Waals surface area contributed by atoms with Crippen LogP contribution in [0.2, 0.25) is 0 Å². The Kier molecular flexibility index (Phi) is 7.39. The van der Waals surface area contributed by atoms with Crippen LogP contribution in [-0.2, 0) is 9.59 Å². The van der Waals surface area contributed by atoms with Crippen molar-refractivity contribution in [2.45, 2.75) is 66.3 Å². The van der Waals surface area contributed by atoms with Gasteiger partial charge < -0.3 is 15.7 Å². The van der Waals surface area contributed by atoms with Crippen molar-refractivity contribution < 1.29 is 14.7 Å². The lowest BCUT2D eigenvalue weighted by atomic mass is 9.85. The molecular formula is C27H34N2O3. The van der Waals surface area contributed by atoms with Crippen LogP contribution in [0.5, 0.6) is 0 Å². The molecule has 1 aliphatic carbocycles. The minimum atomic E-state index is -1.06. The van der Waals surface area contributed by atoms with Gasteiger partial charge in [0.15, 0.2) is 0 Å². The number of carbonyl (C=O) groups excluding carboxylic acids is 1. The zero-order chi connectivity index (χ0) is 23.4. The monoisotopic (exact) mass is 434 g/mol. The number of hydrogen-bond acceptors (Lipinski definition) is 3. The van der Waals surface area contributed by atoms with Crippen molar-refractivity contribution in [3.05, 3.63) is 57.7 Å². The molecule has 2 aromatic rings. The highest BCUT2D eigenvalue weighted by atomic mass is 16.4. The topological polar surface area (TPSA) is 78.4 Å². The molecule has 0 spiro atoms. The summed E-state index contributed by atoms with van der Waals surface area (Å²) in [6, 6.07) is 9.30. The number of carboxylic acid groups (broad SMARTS) is 1. The SMILES string of the molecule is C/C(=C\c1c(C)c(C)c(-c2ccc(NC3CCCC3)cc2)c(C)c1C)C(=O)NCC(=O)O. The van der Waals surface area contributed by atoms with Crippen molar-refractivity contribution in [2.75, 3.05) is 11.9 Å². The standard InChI is InChI=1S/C27H34N2O3/c1-16(27(32)28-15-25(30)31)14-24-17(2)19(4)26(20(5)18(24)3)21-10-12-23(13-11-21)29-22-8-6-7-9-22/h10-14,22,29H,6-9,15H2,1-5H3,(H,28,32)(H,30,31)/b16-14+. The zero-order valence-corrected chi connectivity index (χ0v) is 19.8. The van der Waals surface area contributed by atoms with E-state index in [1.807, 2.05) is 6.08 Å². The Hall–Kier alpha value is -3.08. The maximum atomic E-state index is 12.2. The van der Waals surface area contributed by atoms with E-state index in [0.29, 0.717) is 11.6 Å². The van der Waals surface area contributed by atoms with Crippen molar-refractivity contribution in [1.29, 1.82) is 0 Å². The van der Waals surface area contributed by atoms with Crippen molar-refractivity contribution in [3.8, 4) is 11.1 Å². The van der Waals surface area contributed by atoms with Crippen LogP contribution in [0, 0.1) is 27.7 Å². The maximum Gasteiger partial charge on any atom is 0.322 e. The molecule has 0 saturated heterocycles. The summed E-state index contributed by atoms with van der Waals surface area (Å²) >= 11 is 0. The van der Waals surface area contributed by atoms with E-state index in [1.54, 1.807) is 6.92 Å². The third kappa shape index (κ3) is 5.21. The summed E-state index contributed by atoms with van der Waals surface area (Å²) in [5, 5.41) is 14.9. The first-order valence-corrected chi connectivity index (χ1v) is 11.3. The number of carbonyl (C=O) groups is 2. The Morgan fingerprint density at radius 2 is 1.53 bits per heavy atom. The van der Waals surface area contributed by atoms with Crippen LogP contribution in [0.15, 0.2) is 29.8 Å².